The number of nitriles is 1. The number of nitrogens with two attached hydrogens (primary N) is 1. The summed E-state index contributed by atoms with van der Waals surface area (Å²) in [4.78, 5) is -2.43. The molecule has 1 aromatic carbocycles. The van der Waals surface area contributed by atoms with Gasteiger partial charge in [-0.25, -0.2) is 21.5 Å². The van der Waals surface area contributed by atoms with Crippen molar-refractivity contribution in [3.63, 3.8) is 0 Å². The van der Waals surface area contributed by atoms with Crippen LogP contribution < -0.4 is 9.44 Å². The normalized spacial score (nSPS) is 15.0. The fraction of sp³-hybridized carbons (Fsp3) is 0.231. The number of hydrogen-bond acceptors (Lipinski definition) is 7. The number of hydrogen-bond donors (Lipinski definition) is 1. The Labute approximate surface area is 188 Å². The van der Waals surface area contributed by atoms with Crippen LogP contribution in [-0.4, -0.2) is 38.6 Å². The van der Waals surface area contributed by atoms with E-state index in [4.69, 9.17) is 28.9 Å². The number of anilines is 2. The van der Waals surface area contributed by atoms with E-state index in [2.05, 4.69) is 5.10 Å². The number of aromatic nitrogens is 2. The van der Waals surface area contributed by atoms with Crippen LogP contribution in [0.1, 0.15) is 12.6 Å². The largest absolute Gasteiger partial charge is 0.382 e. The third-order valence-corrected chi connectivity index (χ3v) is 9.15. The molecule has 2 rings (SSSR count). The Morgan fingerprint density at radius 2 is 1.62 bits per heavy atom. The molecule has 0 bridgehead atoms. The van der Waals surface area contributed by atoms with Gasteiger partial charge in [-0.15, -0.1) is 0 Å². The highest BCUT2D eigenvalue weighted by Crippen LogP contribution is 3.02. The highest BCUT2D eigenvalue weighted by Gasteiger charge is 2.65. The fourth-order valence-corrected chi connectivity index (χ4v) is 7.07. The number of nitrogens with zero attached hydrogens (tertiary/aromatic N) is 4. The van der Waals surface area contributed by atoms with E-state index >= 15 is 0 Å². The molecule has 0 aliphatic heterocycles. The zero-order valence-corrected chi connectivity index (χ0v) is 19.7. The van der Waals surface area contributed by atoms with Crippen LogP contribution >= 0.6 is 33.4 Å². The van der Waals surface area contributed by atoms with Gasteiger partial charge in [-0.3, -0.25) is 0 Å². The van der Waals surface area contributed by atoms with Crippen LogP contribution in [-0.2, 0) is 20.0 Å². The van der Waals surface area contributed by atoms with Crippen molar-refractivity contribution in [2.75, 3.05) is 21.5 Å². The standard InChI is InChI=1S/C13H12Cl2F5N5O4S3/c1-3-31(28,29)25(30(2,26)27)12-10(6-21)23-24(13(12)22)11-8(14)4-7(5-9(11)15)32(16,17,18,19)20/h4-5H,3,22H2,1-2H3. The highest BCUT2D eigenvalue weighted by molar-refractivity contribution is 8.45. The third-order valence-electron chi connectivity index (χ3n) is 3.75. The van der Waals surface area contributed by atoms with Crippen LogP contribution in [0.25, 0.3) is 5.69 Å². The smallest absolute Gasteiger partial charge is 0.310 e. The zero-order valence-electron chi connectivity index (χ0n) is 15.7. The van der Waals surface area contributed by atoms with Crippen LogP contribution in [0.5, 0.6) is 0 Å². The second-order valence-electron chi connectivity index (χ2n) is 6.17. The molecule has 180 valence electrons. The van der Waals surface area contributed by atoms with Gasteiger partial charge in [0, 0.05) is 0 Å². The lowest BCUT2D eigenvalue weighted by atomic mass is 10.3. The Morgan fingerprint density at radius 3 is 1.97 bits per heavy atom. The first-order valence-electron chi connectivity index (χ1n) is 7.80. The number of rotatable bonds is 6. The van der Waals surface area contributed by atoms with Gasteiger partial charge in [-0.05, 0) is 19.1 Å². The second kappa shape index (κ2) is 7.00. The minimum atomic E-state index is -10.2. The maximum absolute atomic E-state index is 13.1. The Bertz CT molecular complexity index is 1360. The lowest BCUT2D eigenvalue weighted by molar-refractivity contribution is 0.364. The van der Waals surface area contributed by atoms with Gasteiger partial charge in [0.05, 0.1) is 22.1 Å². The van der Waals surface area contributed by atoms with Gasteiger partial charge in [0.2, 0.25) is 20.0 Å². The van der Waals surface area contributed by atoms with Crippen molar-refractivity contribution in [2.24, 2.45) is 0 Å². The molecule has 1 aromatic heterocycles. The number of sulfonamides is 2. The van der Waals surface area contributed by atoms with E-state index in [1.807, 2.05) is 0 Å². The molecule has 0 saturated heterocycles. The van der Waals surface area contributed by atoms with Gasteiger partial charge >= 0.3 is 10.2 Å². The first kappa shape index (κ1) is 26.3. The van der Waals surface area contributed by atoms with Crippen LogP contribution in [0.4, 0.5) is 30.9 Å². The molecule has 0 aliphatic rings. The lowest BCUT2D eigenvalue weighted by Crippen LogP contribution is -2.38. The molecule has 9 nitrogen and oxygen atoms in total. The molecule has 0 atom stereocenters. The summed E-state index contributed by atoms with van der Waals surface area (Å²) in [5, 5.41) is 10.8. The average molecular weight is 564 g/mol. The molecular weight excluding hydrogens is 552 g/mol. The van der Waals surface area contributed by atoms with Crippen LogP contribution in [0, 0.1) is 11.3 Å². The van der Waals surface area contributed by atoms with Crippen molar-refractivity contribution >= 4 is 65.0 Å². The molecule has 0 amide bonds. The number of halogens is 7. The first-order chi connectivity index (χ1) is 14.0. The second-order valence-corrected chi connectivity index (χ2v) is 13.6. The summed E-state index contributed by atoms with van der Waals surface area (Å²) in [6.45, 7) is 1.09. The molecule has 0 saturated carbocycles. The summed E-state index contributed by atoms with van der Waals surface area (Å²) in [7, 11) is -19.4. The summed E-state index contributed by atoms with van der Waals surface area (Å²) in [5.74, 6) is -1.64. The average Bonchev–Trinajstić information content (AvgIpc) is 2.87. The quantitative estimate of drug-likeness (QED) is 0.513. The maximum Gasteiger partial charge on any atom is 0.310 e. The van der Waals surface area contributed by atoms with Crippen molar-refractivity contribution in [3.8, 4) is 11.8 Å². The van der Waals surface area contributed by atoms with Crippen molar-refractivity contribution in [3.05, 3.63) is 27.9 Å². The van der Waals surface area contributed by atoms with Gasteiger partial charge < -0.3 is 5.73 Å². The molecule has 2 aromatic rings. The van der Waals surface area contributed by atoms with Crippen molar-refractivity contribution in [1.29, 1.82) is 5.26 Å². The van der Waals surface area contributed by atoms with E-state index in [0.29, 0.717) is 10.9 Å². The Hall–Kier alpha value is -2.00. The Morgan fingerprint density at radius 1 is 1.16 bits per heavy atom. The Kier molecular flexibility index (Phi) is 5.74. The minimum Gasteiger partial charge on any atom is -0.382 e. The van der Waals surface area contributed by atoms with Gasteiger partial charge in [0.15, 0.2) is 11.5 Å². The summed E-state index contributed by atoms with van der Waals surface area (Å²) in [6.07, 6.45) is 0.488. The Balaban J connectivity index is 2.94. The van der Waals surface area contributed by atoms with Crippen molar-refractivity contribution in [2.45, 2.75) is 11.8 Å². The topological polar surface area (TPSA) is 139 Å². The fourth-order valence-electron chi connectivity index (χ4n) is 2.44. The minimum absolute atomic E-state index is 0.158. The van der Waals surface area contributed by atoms with E-state index in [0.717, 1.165) is 6.92 Å². The van der Waals surface area contributed by atoms with Crippen LogP contribution in [0.15, 0.2) is 17.0 Å². The van der Waals surface area contributed by atoms with Crippen molar-refractivity contribution < 1.29 is 36.3 Å². The van der Waals surface area contributed by atoms with Crippen molar-refractivity contribution in [1.82, 2.24) is 9.78 Å². The monoisotopic (exact) mass is 563 g/mol. The summed E-state index contributed by atoms with van der Waals surface area (Å²) in [5.41, 5.74) is 3.21. The molecule has 0 spiro atoms. The molecule has 0 fully saturated rings. The van der Waals surface area contributed by atoms with Gasteiger partial charge in [0.25, 0.3) is 0 Å². The maximum atomic E-state index is 13.1. The van der Waals surface area contributed by atoms with Crippen LogP contribution in [0.2, 0.25) is 10.0 Å². The van der Waals surface area contributed by atoms with E-state index in [1.54, 1.807) is 0 Å². The van der Waals surface area contributed by atoms with Gasteiger partial charge in [-0.1, -0.05) is 42.6 Å². The highest BCUT2D eigenvalue weighted by atomic mass is 35.5. The predicted octanol–water partition coefficient (Wildman–Crippen LogP) is 4.41. The molecule has 0 aliphatic carbocycles. The molecule has 1 heterocycles. The molecule has 0 radical (unpaired) electrons. The molecule has 32 heavy (non-hydrogen) atoms. The van der Waals surface area contributed by atoms with E-state index in [1.165, 1.54) is 6.07 Å². The summed E-state index contributed by atoms with van der Waals surface area (Å²) >= 11 is 11.4. The first-order valence-corrected chi connectivity index (χ1v) is 14.0. The van der Waals surface area contributed by atoms with E-state index < -0.39 is 73.9 Å². The van der Waals surface area contributed by atoms with E-state index in [-0.39, 0.29) is 15.8 Å². The molecule has 19 heteroatoms. The lowest BCUT2D eigenvalue weighted by Gasteiger charge is -2.40. The zero-order chi connectivity index (χ0) is 25.1. The number of nitrogen functional groups attached to an aromatic ring is 1. The third kappa shape index (κ3) is 4.83. The molecule has 0 unspecified atom stereocenters. The summed E-state index contributed by atoms with van der Waals surface area (Å²) in [6, 6.07) is 1.08. The molecule has 2 N–H and O–H groups in total. The number of benzene rings is 1. The SMILES string of the molecule is CCS(=O)(=O)N(c1c(C#N)nn(-c2c(Cl)cc(S(F)(F)(F)(F)F)cc2Cl)c1N)S(C)(=O)=O. The summed E-state index contributed by atoms with van der Waals surface area (Å²) < 4.78 is 115. The van der Waals surface area contributed by atoms with E-state index in [9.17, 15) is 41.5 Å². The van der Waals surface area contributed by atoms with Gasteiger partial charge in [-0.2, -0.15) is 14.1 Å². The van der Waals surface area contributed by atoms with Crippen LogP contribution in [0.3, 0.4) is 0 Å². The molecular formula is C13H12Cl2F5N5O4S3. The van der Waals surface area contributed by atoms with Gasteiger partial charge in [0.1, 0.15) is 22.3 Å². The predicted molar refractivity (Wildman–Crippen MR) is 111 cm³/mol.